The molecule has 1 rings (SSSR count). The number of nitrogens with one attached hydrogen (secondary N) is 1. The minimum atomic E-state index is -0.731. The summed E-state index contributed by atoms with van der Waals surface area (Å²) in [5.74, 6) is -0.352. The number of nitrogens with zero attached hydrogens (tertiary/aromatic N) is 3. The minimum Gasteiger partial charge on any atom is -0.326 e. The third-order valence-corrected chi connectivity index (χ3v) is 1.97. The molecule has 0 saturated heterocycles. The van der Waals surface area contributed by atoms with Crippen LogP contribution in [0.3, 0.4) is 0 Å². The summed E-state index contributed by atoms with van der Waals surface area (Å²) in [6, 6.07) is 5.93. The first kappa shape index (κ1) is 11.4. The molecule has 0 aliphatic heterocycles. The number of anilines is 1. The highest BCUT2D eigenvalue weighted by atomic mass is 35.5. The highest BCUT2D eigenvalue weighted by molar-refractivity contribution is 6.30. The van der Waals surface area contributed by atoms with Crippen LogP contribution in [0, 0.1) is 0 Å². The van der Waals surface area contributed by atoms with E-state index < -0.39 is 6.04 Å². The van der Waals surface area contributed by atoms with Gasteiger partial charge in [0.2, 0.25) is 5.91 Å². The van der Waals surface area contributed by atoms with E-state index in [1.807, 2.05) is 0 Å². The van der Waals surface area contributed by atoms with Crippen molar-refractivity contribution in [2.24, 2.45) is 5.11 Å². The number of rotatable bonds is 3. The van der Waals surface area contributed by atoms with Crippen molar-refractivity contribution >= 4 is 23.2 Å². The Morgan fingerprint density at radius 1 is 1.53 bits per heavy atom. The molecule has 6 heteroatoms. The predicted octanol–water partition coefficient (Wildman–Crippen LogP) is 2.98. The number of amides is 1. The summed E-state index contributed by atoms with van der Waals surface area (Å²) in [6.07, 6.45) is 0. The van der Waals surface area contributed by atoms with Gasteiger partial charge in [-0.2, -0.15) is 0 Å². The molecule has 5 nitrogen and oxygen atoms in total. The third kappa shape index (κ3) is 3.50. The molecule has 0 spiro atoms. The number of azide groups is 1. The van der Waals surface area contributed by atoms with Gasteiger partial charge in [0.15, 0.2) is 0 Å². The zero-order chi connectivity index (χ0) is 11.3. The van der Waals surface area contributed by atoms with Crippen LogP contribution in [0.1, 0.15) is 6.92 Å². The number of hydrogen-bond acceptors (Lipinski definition) is 2. The average Bonchev–Trinajstić information content (AvgIpc) is 2.22. The first-order chi connectivity index (χ1) is 7.13. The molecule has 1 N–H and O–H groups in total. The highest BCUT2D eigenvalue weighted by Crippen LogP contribution is 2.13. The predicted molar refractivity (Wildman–Crippen MR) is 58.7 cm³/mol. The number of benzene rings is 1. The number of hydrogen-bond donors (Lipinski definition) is 1. The molecule has 1 amide bonds. The molecule has 1 aromatic carbocycles. The normalized spacial score (nSPS) is 11.3. The van der Waals surface area contributed by atoms with Gasteiger partial charge >= 0.3 is 0 Å². The van der Waals surface area contributed by atoms with Gasteiger partial charge in [-0.3, -0.25) is 4.79 Å². The van der Waals surface area contributed by atoms with Crippen LogP contribution in [0.25, 0.3) is 10.4 Å². The molecule has 78 valence electrons. The van der Waals surface area contributed by atoms with Gasteiger partial charge in [0, 0.05) is 15.6 Å². The van der Waals surface area contributed by atoms with Gasteiger partial charge in [0.25, 0.3) is 0 Å². The smallest absolute Gasteiger partial charge is 0.233 e. The standard InChI is InChI=1S/C9H9ClN4O/c1-6(13-14-11)9(15)12-8-4-2-7(10)3-5-8/h2-6H,1H3,(H,12,15). The van der Waals surface area contributed by atoms with E-state index >= 15 is 0 Å². The van der Waals surface area contributed by atoms with Crippen LogP contribution >= 0.6 is 11.6 Å². The molecular formula is C9H9ClN4O. The molecule has 15 heavy (non-hydrogen) atoms. The lowest BCUT2D eigenvalue weighted by Crippen LogP contribution is -2.22. The second kappa shape index (κ2) is 5.24. The maximum Gasteiger partial charge on any atom is 0.233 e. The molecule has 0 aliphatic rings. The Bertz CT molecular complexity index is 397. The summed E-state index contributed by atoms with van der Waals surface area (Å²) < 4.78 is 0. The Morgan fingerprint density at radius 3 is 2.67 bits per heavy atom. The quantitative estimate of drug-likeness (QED) is 0.478. The summed E-state index contributed by atoms with van der Waals surface area (Å²) in [5, 5.41) is 6.47. The maximum absolute atomic E-state index is 11.4. The van der Waals surface area contributed by atoms with E-state index in [0.717, 1.165) is 0 Å². The van der Waals surface area contributed by atoms with Gasteiger partial charge in [-0.15, -0.1) is 0 Å². The SMILES string of the molecule is CC(N=[N+]=[N-])C(=O)Nc1ccc(Cl)cc1. The first-order valence-electron chi connectivity index (χ1n) is 4.24. The van der Waals surface area contributed by atoms with Crippen molar-refractivity contribution in [2.75, 3.05) is 5.32 Å². The molecule has 1 unspecified atom stereocenters. The van der Waals surface area contributed by atoms with Crippen molar-refractivity contribution in [1.82, 2.24) is 0 Å². The largest absolute Gasteiger partial charge is 0.326 e. The van der Waals surface area contributed by atoms with E-state index in [4.69, 9.17) is 17.1 Å². The minimum absolute atomic E-state index is 0.352. The van der Waals surface area contributed by atoms with Gasteiger partial charge in [-0.25, -0.2) is 0 Å². The summed E-state index contributed by atoms with van der Waals surface area (Å²) in [6.45, 7) is 1.52. The maximum atomic E-state index is 11.4. The Labute approximate surface area is 91.7 Å². The van der Waals surface area contributed by atoms with Gasteiger partial charge in [-0.05, 0) is 36.7 Å². The molecule has 0 aromatic heterocycles. The molecule has 0 aliphatic carbocycles. The van der Waals surface area contributed by atoms with Crippen LogP contribution in [-0.2, 0) is 4.79 Å². The van der Waals surface area contributed by atoms with Crippen LogP contribution in [0.15, 0.2) is 29.4 Å². The number of carbonyl (C=O) groups excluding carboxylic acids is 1. The molecule has 0 saturated carbocycles. The van der Waals surface area contributed by atoms with Gasteiger partial charge < -0.3 is 5.32 Å². The molecule has 0 bridgehead atoms. The van der Waals surface area contributed by atoms with Crippen LogP contribution < -0.4 is 5.32 Å². The fourth-order valence-corrected chi connectivity index (χ4v) is 1.04. The fourth-order valence-electron chi connectivity index (χ4n) is 0.910. The van der Waals surface area contributed by atoms with E-state index in [1.165, 1.54) is 6.92 Å². The van der Waals surface area contributed by atoms with Gasteiger partial charge in [0.05, 0.1) is 0 Å². The van der Waals surface area contributed by atoms with E-state index in [1.54, 1.807) is 24.3 Å². The number of carbonyl (C=O) groups is 1. The van der Waals surface area contributed by atoms with E-state index in [9.17, 15) is 4.79 Å². The van der Waals surface area contributed by atoms with Crippen molar-refractivity contribution in [2.45, 2.75) is 13.0 Å². The van der Waals surface area contributed by atoms with E-state index in [-0.39, 0.29) is 5.91 Å². The Hall–Kier alpha value is -1.71. The Balaban J connectivity index is 2.66. The lowest BCUT2D eigenvalue weighted by Gasteiger charge is -2.06. The molecular weight excluding hydrogens is 216 g/mol. The van der Waals surface area contributed by atoms with Crippen molar-refractivity contribution < 1.29 is 4.79 Å². The summed E-state index contributed by atoms with van der Waals surface area (Å²) in [5.41, 5.74) is 8.76. The number of halogens is 1. The summed E-state index contributed by atoms with van der Waals surface area (Å²) in [7, 11) is 0. The highest BCUT2D eigenvalue weighted by Gasteiger charge is 2.10. The van der Waals surface area contributed by atoms with Crippen molar-refractivity contribution in [3.8, 4) is 0 Å². The average molecular weight is 225 g/mol. The fraction of sp³-hybridized carbons (Fsp3) is 0.222. The van der Waals surface area contributed by atoms with Crippen LogP contribution in [-0.4, -0.2) is 11.9 Å². The van der Waals surface area contributed by atoms with Crippen LogP contribution in [0.5, 0.6) is 0 Å². The van der Waals surface area contributed by atoms with Crippen LogP contribution in [0.2, 0.25) is 5.02 Å². The second-order valence-electron chi connectivity index (χ2n) is 2.88. The molecule has 0 heterocycles. The van der Waals surface area contributed by atoms with Crippen molar-refractivity contribution in [3.63, 3.8) is 0 Å². The monoisotopic (exact) mass is 224 g/mol. The van der Waals surface area contributed by atoms with Crippen molar-refractivity contribution in [1.29, 1.82) is 0 Å². The Kier molecular flexibility index (Phi) is 3.97. The van der Waals surface area contributed by atoms with Crippen molar-refractivity contribution in [3.05, 3.63) is 39.7 Å². The topological polar surface area (TPSA) is 77.9 Å². The van der Waals surface area contributed by atoms with Gasteiger partial charge in [-0.1, -0.05) is 16.7 Å². The van der Waals surface area contributed by atoms with Gasteiger partial charge in [0.1, 0.15) is 6.04 Å². The second-order valence-corrected chi connectivity index (χ2v) is 3.31. The molecule has 0 fully saturated rings. The first-order valence-corrected chi connectivity index (χ1v) is 4.62. The lowest BCUT2D eigenvalue weighted by molar-refractivity contribution is -0.117. The lowest BCUT2D eigenvalue weighted by atomic mass is 10.3. The summed E-state index contributed by atoms with van der Waals surface area (Å²) in [4.78, 5) is 13.9. The molecule has 1 atom stereocenters. The van der Waals surface area contributed by atoms with E-state index in [2.05, 4.69) is 15.3 Å². The zero-order valence-electron chi connectivity index (χ0n) is 8.01. The third-order valence-electron chi connectivity index (χ3n) is 1.72. The zero-order valence-corrected chi connectivity index (χ0v) is 8.77. The summed E-state index contributed by atoms with van der Waals surface area (Å²) >= 11 is 5.68. The molecule has 1 aromatic rings. The molecule has 0 radical (unpaired) electrons. The van der Waals surface area contributed by atoms with E-state index in [0.29, 0.717) is 10.7 Å². The Morgan fingerprint density at radius 2 is 2.13 bits per heavy atom. The van der Waals surface area contributed by atoms with Crippen LogP contribution in [0.4, 0.5) is 5.69 Å².